The summed E-state index contributed by atoms with van der Waals surface area (Å²) in [5.74, 6) is -0.404. The van der Waals surface area contributed by atoms with Crippen LogP contribution in [0, 0.1) is 0 Å². The van der Waals surface area contributed by atoms with Crippen LogP contribution in [0.1, 0.15) is 36.3 Å². The fourth-order valence-corrected chi connectivity index (χ4v) is 2.49. The number of aryl methyl sites for hydroxylation is 1. The maximum Gasteiger partial charge on any atom is 0.303 e. The summed E-state index contributed by atoms with van der Waals surface area (Å²) in [6.07, 6.45) is 2.90. The van der Waals surface area contributed by atoms with Gasteiger partial charge in [0.1, 0.15) is 0 Å². The molecule has 0 radical (unpaired) electrons. The quantitative estimate of drug-likeness (QED) is 0.814. The Labute approximate surface area is 120 Å². The molecule has 1 atom stereocenters. The first-order valence-electron chi connectivity index (χ1n) is 7.06. The van der Waals surface area contributed by atoms with Crippen molar-refractivity contribution in [1.82, 2.24) is 0 Å². The molecule has 104 valence electrons. The van der Waals surface area contributed by atoms with Crippen molar-refractivity contribution >= 4 is 5.97 Å². The lowest BCUT2D eigenvalue weighted by Crippen LogP contribution is -2.05. The molecule has 1 N–H and O–H groups in total. The average molecular weight is 268 g/mol. The minimum absolute atomic E-state index is 0.231. The molecule has 0 aliphatic carbocycles. The Kier molecular flexibility index (Phi) is 5.36. The van der Waals surface area contributed by atoms with E-state index in [2.05, 4.69) is 24.3 Å². The van der Waals surface area contributed by atoms with Crippen LogP contribution in [-0.4, -0.2) is 11.1 Å². The summed E-state index contributed by atoms with van der Waals surface area (Å²) in [6, 6.07) is 20.6. The van der Waals surface area contributed by atoms with Gasteiger partial charge in [-0.15, -0.1) is 0 Å². The second-order valence-electron chi connectivity index (χ2n) is 5.06. The second-order valence-corrected chi connectivity index (χ2v) is 5.06. The van der Waals surface area contributed by atoms with Gasteiger partial charge in [-0.1, -0.05) is 60.7 Å². The van der Waals surface area contributed by atoms with Crippen LogP contribution in [-0.2, 0) is 11.2 Å². The molecule has 0 aromatic heterocycles. The van der Waals surface area contributed by atoms with Gasteiger partial charge in [-0.3, -0.25) is 4.79 Å². The van der Waals surface area contributed by atoms with Crippen molar-refractivity contribution in [2.24, 2.45) is 0 Å². The molecule has 0 spiro atoms. The predicted octanol–water partition coefficient (Wildman–Crippen LogP) is 4.27. The van der Waals surface area contributed by atoms with Crippen LogP contribution in [0.15, 0.2) is 60.7 Å². The van der Waals surface area contributed by atoms with Crippen LogP contribution < -0.4 is 0 Å². The van der Waals surface area contributed by atoms with Gasteiger partial charge in [0.2, 0.25) is 0 Å². The third kappa shape index (κ3) is 4.54. The van der Waals surface area contributed by atoms with Crippen molar-refractivity contribution in [1.29, 1.82) is 0 Å². The van der Waals surface area contributed by atoms with Gasteiger partial charge >= 0.3 is 5.97 Å². The van der Waals surface area contributed by atoms with Crippen molar-refractivity contribution in [2.75, 3.05) is 0 Å². The first-order chi connectivity index (χ1) is 9.75. The molecule has 0 aliphatic rings. The summed E-state index contributed by atoms with van der Waals surface area (Å²) in [7, 11) is 0. The highest BCUT2D eigenvalue weighted by Crippen LogP contribution is 2.26. The van der Waals surface area contributed by atoms with Gasteiger partial charge < -0.3 is 5.11 Å². The number of carbonyl (C=O) groups is 1. The Bertz CT molecular complexity index is 520. The van der Waals surface area contributed by atoms with E-state index >= 15 is 0 Å². The Hall–Kier alpha value is -2.09. The van der Waals surface area contributed by atoms with E-state index in [-0.39, 0.29) is 6.42 Å². The number of hydrogen-bond donors (Lipinski definition) is 1. The third-order valence-corrected chi connectivity index (χ3v) is 3.60. The van der Waals surface area contributed by atoms with E-state index in [0.717, 1.165) is 12.8 Å². The molecular weight excluding hydrogens is 248 g/mol. The Morgan fingerprint density at radius 3 is 2.10 bits per heavy atom. The zero-order chi connectivity index (χ0) is 14.2. The Balaban J connectivity index is 2.01. The molecule has 20 heavy (non-hydrogen) atoms. The molecule has 0 fully saturated rings. The summed E-state index contributed by atoms with van der Waals surface area (Å²) in [5, 5.41) is 8.89. The normalized spacial score (nSPS) is 12.0. The van der Waals surface area contributed by atoms with Gasteiger partial charge in [-0.2, -0.15) is 0 Å². The highest BCUT2D eigenvalue weighted by molar-refractivity contribution is 5.66. The molecule has 0 saturated heterocycles. The van der Waals surface area contributed by atoms with E-state index in [1.54, 1.807) is 0 Å². The maximum absolute atomic E-state index is 10.8. The third-order valence-electron chi connectivity index (χ3n) is 3.60. The molecular formula is C18H20O2. The van der Waals surface area contributed by atoms with Crippen molar-refractivity contribution < 1.29 is 9.90 Å². The highest BCUT2D eigenvalue weighted by Gasteiger charge is 2.13. The highest BCUT2D eigenvalue weighted by atomic mass is 16.4. The second kappa shape index (κ2) is 7.49. The van der Waals surface area contributed by atoms with Crippen LogP contribution in [0.5, 0.6) is 0 Å². The zero-order valence-corrected chi connectivity index (χ0v) is 11.5. The van der Waals surface area contributed by atoms with Gasteiger partial charge in [0, 0.05) is 6.42 Å². The summed E-state index contributed by atoms with van der Waals surface area (Å²) in [6.45, 7) is 0. The Morgan fingerprint density at radius 2 is 1.50 bits per heavy atom. The van der Waals surface area contributed by atoms with Crippen molar-refractivity contribution in [2.45, 2.75) is 31.6 Å². The van der Waals surface area contributed by atoms with Gasteiger partial charge in [-0.25, -0.2) is 0 Å². The fraction of sp³-hybridized carbons (Fsp3) is 0.278. The predicted molar refractivity (Wildman–Crippen MR) is 80.8 cm³/mol. The van der Waals surface area contributed by atoms with E-state index in [1.807, 2.05) is 36.4 Å². The van der Waals surface area contributed by atoms with E-state index in [0.29, 0.717) is 12.3 Å². The van der Waals surface area contributed by atoms with Crippen LogP contribution in [0.25, 0.3) is 0 Å². The van der Waals surface area contributed by atoms with Crippen LogP contribution in [0.4, 0.5) is 0 Å². The fourth-order valence-electron chi connectivity index (χ4n) is 2.49. The number of benzene rings is 2. The average Bonchev–Trinajstić information content (AvgIpc) is 2.49. The summed E-state index contributed by atoms with van der Waals surface area (Å²) in [5.41, 5.74) is 2.55. The number of rotatable bonds is 7. The zero-order valence-electron chi connectivity index (χ0n) is 11.5. The monoisotopic (exact) mass is 268 g/mol. The molecule has 1 unspecified atom stereocenters. The molecule has 0 amide bonds. The van der Waals surface area contributed by atoms with Crippen molar-refractivity contribution in [3.8, 4) is 0 Å². The lowest BCUT2D eigenvalue weighted by molar-refractivity contribution is -0.137. The van der Waals surface area contributed by atoms with Gasteiger partial charge in [-0.05, 0) is 36.3 Å². The minimum Gasteiger partial charge on any atom is -0.481 e. The maximum atomic E-state index is 10.8. The molecule has 0 bridgehead atoms. The first kappa shape index (κ1) is 14.3. The number of carboxylic acid groups (broad SMARTS) is 1. The summed E-state index contributed by atoms with van der Waals surface area (Å²) < 4.78 is 0. The van der Waals surface area contributed by atoms with Gasteiger partial charge in [0.05, 0.1) is 0 Å². The largest absolute Gasteiger partial charge is 0.481 e. The SMILES string of the molecule is O=C(O)CCC(CCc1ccccc1)c1ccccc1. The number of carboxylic acids is 1. The molecule has 2 rings (SSSR count). The standard InChI is InChI=1S/C18H20O2/c19-18(20)14-13-17(16-9-5-2-6-10-16)12-11-15-7-3-1-4-8-15/h1-10,17H,11-14H2,(H,19,20). The molecule has 2 aromatic carbocycles. The minimum atomic E-state index is -0.717. The smallest absolute Gasteiger partial charge is 0.303 e. The van der Waals surface area contributed by atoms with E-state index in [4.69, 9.17) is 5.11 Å². The van der Waals surface area contributed by atoms with E-state index < -0.39 is 5.97 Å². The number of hydrogen-bond acceptors (Lipinski definition) is 1. The van der Waals surface area contributed by atoms with Gasteiger partial charge in [0.25, 0.3) is 0 Å². The van der Waals surface area contributed by atoms with E-state index in [1.165, 1.54) is 11.1 Å². The molecule has 0 saturated carbocycles. The van der Waals surface area contributed by atoms with Crippen molar-refractivity contribution in [3.63, 3.8) is 0 Å². The van der Waals surface area contributed by atoms with Crippen LogP contribution in [0.3, 0.4) is 0 Å². The molecule has 0 heterocycles. The molecule has 2 aromatic rings. The summed E-state index contributed by atoms with van der Waals surface area (Å²) in [4.78, 5) is 10.8. The topological polar surface area (TPSA) is 37.3 Å². The molecule has 2 nitrogen and oxygen atoms in total. The van der Waals surface area contributed by atoms with Crippen molar-refractivity contribution in [3.05, 3.63) is 71.8 Å². The van der Waals surface area contributed by atoms with E-state index in [9.17, 15) is 4.79 Å². The lowest BCUT2D eigenvalue weighted by atomic mass is 9.88. The lowest BCUT2D eigenvalue weighted by Gasteiger charge is -2.16. The molecule has 2 heteroatoms. The van der Waals surface area contributed by atoms with Crippen LogP contribution >= 0.6 is 0 Å². The first-order valence-corrected chi connectivity index (χ1v) is 7.06. The molecule has 0 aliphatic heterocycles. The number of aliphatic carboxylic acids is 1. The Morgan fingerprint density at radius 1 is 0.900 bits per heavy atom. The van der Waals surface area contributed by atoms with Gasteiger partial charge in [0.15, 0.2) is 0 Å². The summed E-state index contributed by atoms with van der Waals surface area (Å²) >= 11 is 0. The van der Waals surface area contributed by atoms with Crippen LogP contribution in [0.2, 0.25) is 0 Å².